The smallest absolute Gasteiger partial charge is 0.239 e. The lowest BCUT2D eigenvalue weighted by Crippen LogP contribution is -2.46. The molecule has 1 aliphatic heterocycles. The van der Waals surface area contributed by atoms with E-state index in [4.69, 9.17) is 16.3 Å². The molecule has 0 fully saturated rings. The first kappa shape index (κ1) is 15.1. The lowest BCUT2D eigenvalue weighted by molar-refractivity contribution is -0.131. The van der Waals surface area contributed by atoms with Crippen molar-refractivity contribution in [1.82, 2.24) is 10.2 Å². The first-order valence-corrected chi connectivity index (χ1v) is 7.32. The van der Waals surface area contributed by atoms with E-state index in [-0.39, 0.29) is 18.1 Å². The Bertz CT molecular complexity index is 493. The van der Waals surface area contributed by atoms with E-state index in [2.05, 4.69) is 5.32 Å². The van der Waals surface area contributed by atoms with Crippen LogP contribution in [0.3, 0.4) is 0 Å². The van der Waals surface area contributed by atoms with E-state index >= 15 is 0 Å². The van der Waals surface area contributed by atoms with Gasteiger partial charge in [0.15, 0.2) is 0 Å². The van der Waals surface area contributed by atoms with Gasteiger partial charge in [0, 0.05) is 31.6 Å². The van der Waals surface area contributed by atoms with Crippen LogP contribution < -0.4 is 10.1 Å². The molecule has 1 N–H and O–H groups in total. The minimum atomic E-state index is -0.198. The van der Waals surface area contributed by atoms with Gasteiger partial charge in [0.1, 0.15) is 11.9 Å². The molecule has 20 heavy (non-hydrogen) atoms. The van der Waals surface area contributed by atoms with E-state index in [9.17, 15) is 4.79 Å². The number of carbonyl (C=O) groups is 1. The molecule has 1 aromatic rings. The van der Waals surface area contributed by atoms with Crippen LogP contribution in [0.25, 0.3) is 0 Å². The zero-order valence-corrected chi connectivity index (χ0v) is 12.9. The number of rotatable bonds is 5. The number of hydrogen-bond acceptors (Lipinski definition) is 3. The fourth-order valence-corrected chi connectivity index (χ4v) is 2.48. The van der Waals surface area contributed by atoms with E-state index < -0.39 is 0 Å². The number of fused-ring (bicyclic) bond motifs is 1. The highest BCUT2D eigenvalue weighted by Gasteiger charge is 2.24. The van der Waals surface area contributed by atoms with Crippen molar-refractivity contribution in [1.29, 1.82) is 0 Å². The largest absolute Gasteiger partial charge is 0.488 e. The van der Waals surface area contributed by atoms with Crippen molar-refractivity contribution in [3.63, 3.8) is 0 Å². The highest BCUT2D eigenvalue weighted by Crippen LogP contribution is 2.30. The van der Waals surface area contributed by atoms with Crippen LogP contribution in [-0.2, 0) is 11.2 Å². The van der Waals surface area contributed by atoms with Crippen molar-refractivity contribution < 1.29 is 9.53 Å². The van der Waals surface area contributed by atoms with Crippen molar-refractivity contribution in [2.75, 3.05) is 20.1 Å². The number of likely N-dealkylation sites (N-methyl/N-ethyl adjacent to an activating group) is 1. The van der Waals surface area contributed by atoms with Crippen LogP contribution >= 0.6 is 11.6 Å². The monoisotopic (exact) mass is 296 g/mol. The summed E-state index contributed by atoms with van der Waals surface area (Å²) in [5, 5.41) is 3.97. The maximum Gasteiger partial charge on any atom is 0.239 e. The molecule has 1 amide bonds. The Labute approximate surface area is 125 Å². The fourth-order valence-electron chi connectivity index (χ4n) is 2.28. The Morgan fingerprint density at radius 2 is 2.35 bits per heavy atom. The van der Waals surface area contributed by atoms with Gasteiger partial charge in [-0.25, -0.2) is 0 Å². The SMILES string of the molecule is CCN(C)C(=O)C(C)NCC1Cc2cc(Cl)ccc2O1. The molecule has 4 nitrogen and oxygen atoms in total. The van der Waals surface area contributed by atoms with Crippen LogP contribution in [0.2, 0.25) is 5.02 Å². The number of hydrogen-bond donors (Lipinski definition) is 1. The van der Waals surface area contributed by atoms with Crippen molar-refractivity contribution in [2.45, 2.75) is 32.4 Å². The summed E-state index contributed by atoms with van der Waals surface area (Å²) in [4.78, 5) is 13.7. The Morgan fingerprint density at radius 1 is 1.60 bits per heavy atom. The van der Waals surface area contributed by atoms with Crippen molar-refractivity contribution in [3.8, 4) is 5.75 Å². The van der Waals surface area contributed by atoms with Crippen LogP contribution in [-0.4, -0.2) is 43.1 Å². The third-order valence-corrected chi connectivity index (χ3v) is 3.87. The Hall–Kier alpha value is -1.26. The van der Waals surface area contributed by atoms with Gasteiger partial charge in [-0.1, -0.05) is 11.6 Å². The van der Waals surface area contributed by atoms with Gasteiger partial charge in [0.05, 0.1) is 6.04 Å². The molecule has 0 saturated heterocycles. The number of ether oxygens (including phenoxy) is 1. The average molecular weight is 297 g/mol. The average Bonchev–Trinajstić information content (AvgIpc) is 2.84. The lowest BCUT2D eigenvalue weighted by Gasteiger charge is -2.22. The molecule has 5 heteroatoms. The second-order valence-electron chi connectivity index (χ2n) is 5.18. The first-order chi connectivity index (χ1) is 9.51. The van der Waals surface area contributed by atoms with Crippen LogP contribution in [0, 0.1) is 0 Å². The van der Waals surface area contributed by atoms with E-state index in [1.807, 2.05) is 39.1 Å². The highest BCUT2D eigenvalue weighted by atomic mass is 35.5. The van der Waals surface area contributed by atoms with E-state index in [0.717, 1.165) is 22.8 Å². The summed E-state index contributed by atoms with van der Waals surface area (Å²) in [6.07, 6.45) is 0.888. The van der Waals surface area contributed by atoms with Crippen LogP contribution in [0.1, 0.15) is 19.4 Å². The second-order valence-corrected chi connectivity index (χ2v) is 5.61. The zero-order chi connectivity index (χ0) is 14.7. The molecular formula is C15H21ClN2O2. The fraction of sp³-hybridized carbons (Fsp3) is 0.533. The van der Waals surface area contributed by atoms with Crippen LogP contribution in [0.15, 0.2) is 18.2 Å². The van der Waals surface area contributed by atoms with Crippen LogP contribution in [0.4, 0.5) is 0 Å². The van der Waals surface area contributed by atoms with Gasteiger partial charge in [0.25, 0.3) is 0 Å². The molecule has 2 unspecified atom stereocenters. The highest BCUT2D eigenvalue weighted by molar-refractivity contribution is 6.30. The summed E-state index contributed by atoms with van der Waals surface area (Å²) in [7, 11) is 1.81. The Morgan fingerprint density at radius 3 is 3.05 bits per heavy atom. The standard InChI is InChI=1S/C15H21ClN2O2/c1-4-18(3)15(19)10(2)17-9-13-8-11-7-12(16)5-6-14(11)20-13/h5-7,10,13,17H,4,8-9H2,1-3H3. The summed E-state index contributed by atoms with van der Waals surface area (Å²) >= 11 is 5.97. The normalized spacial score (nSPS) is 18.3. The van der Waals surface area contributed by atoms with Gasteiger partial charge in [-0.05, 0) is 37.6 Å². The topological polar surface area (TPSA) is 41.6 Å². The predicted molar refractivity (Wildman–Crippen MR) is 80.3 cm³/mol. The van der Waals surface area contributed by atoms with Gasteiger partial charge in [-0.2, -0.15) is 0 Å². The number of amides is 1. The molecule has 1 aliphatic rings. The number of nitrogens with zero attached hydrogens (tertiary/aromatic N) is 1. The summed E-state index contributed by atoms with van der Waals surface area (Å²) in [5.74, 6) is 0.997. The molecule has 0 aliphatic carbocycles. The molecule has 0 bridgehead atoms. The van der Waals surface area contributed by atoms with Crippen molar-refractivity contribution in [3.05, 3.63) is 28.8 Å². The van der Waals surface area contributed by atoms with Crippen molar-refractivity contribution in [2.24, 2.45) is 0 Å². The molecule has 0 spiro atoms. The van der Waals surface area contributed by atoms with Gasteiger partial charge in [0.2, 0.25) is 5.91 Å². The van der Waals surface area contributed by atoms with Gasteiger partial charge >= 0.3 is 0 Å². The predicted octanol–water partition coefficient (Wildman–Crippen LogP) is 2.10. The maximum atomic E-state index is 11.9. The third kappa shape index (κ3) is 3.44. The van der Waals surface area contributed by atoms with Gasteiger partial charge in [-0.3, -0.25) is 4.79 Å². The minimum absolute atomic E-state index is 0.0608. The molecule has 2 rings (SSSR count). The zero-order valence-electron chi connectivity index (χ0n) is 12.1. The molecule has 1 heterocycles. The van der Waals surface area contributed by atoms with Crippen LogP contribution in [0.5, 0.6) is 5.75 Å². The molecule has 0 aromatic heterocycles. The number of carbonyl (C=O) groups excluding carboxylic acids is 1. The first-order valence-electron chi connectivity index (χ1n) is 6.94. The third-order valence-electron chi connectivity index (χ3n) is 3.64. The van der Waals surface area contributed by atoms with Crippen molar-refractivity contribution >= 4 is 17.5 Å². The molecular weight excluding hydrogens is 276 g/mol. The summed E-state index contributed by atoms with van der Waals surface area (Å²) in [5.41, 5.74) is 1.13. The molecule has 0 radical (unpaired) electrons. The molecule has 110 valence electrons. The summed E-state index contributed by atoms with van der Waals surface area (Å²) in [6.45, 7) is 5.21. The molecule has 0 saturated carbocycles. The second kappa shape index (κ2) is 6.46. The summed E-state index contributed by atoms with van der Waals surface area (Å²) < 4.78 is 5.83. The minimum Gasteiger partial charge on any atom is -0.488 e. The summed E-state index contributed by atoms with van der Waals surface area (Å²) in [6, 6.07) is 5.47. The number of benzene rings is 1. The molecule has 2 atom stereocenters. The van der Waals surface area contributed by atoms with E-state index in [0.29, 0.717) is 13.1 Å². The Kier molecular flexibility index (Phi) is 4.89. The lowest BCUT2D eigenvalue weighted by atomic mass is 10.1. The quantitative estimate of drug-likeness (QED) is 0.905. The Balaban J connectivity index is 1.84. The van der Waals surface area contributed by atoms with E-state index in [1.165, 1.54) is 0 Å². The number of nitrogens with one attached hydrogen (secondary N) is 1. The van der Waals surface area contributed by atoms with Gasteiger partial charge < -0.3 is 15.0 Å². The number of halogens is 1. The van der Waals surface area contributed by atoms with Gasteiger partial charge in [-0.15, -0.1) is 0 Å². The maximum absolute atomic E-state index is 11.9. The molecule has 1 aromatic carbocycles. The van der Waals surface area contributed by atoms with E-state index in [1.54, 1.807) is 4.90 Å².